The van der Waals surface area contributed by atoms with Crippen LogP contribution in [0.3, 0.4) is 0 Å². The third kappa shape index (κ3) is 2.41. The van der Waals surface area contributed by atoms with Crippen molar-refractivity contribution in [3.05, 3.63) is 60.3 Å². The molecule has 3 rings (SSSR count). The predicted molar refractivity (Wildman–Crippen MR) is 85.6 cm³/mol. The fourth-order valence-corrected chi connectivity index (χ4v) is 3.53. The van der Waals surface area contributed by atoms with E-state index in [0.717, 1.165) is 5.75 Å². The zero-order chi connectivity index (χ0) is 13.9. The maximum atomic E-state index is 5.42. The van der Waals surface area contributed by atoms with E-state index in [1.165, 1.54) is 21.4 Å². The minimum absolute atomic E-state index is 0.363. The molecule has 1 aromatic heterocycles. The van der Waals surface area contributed by atoms with Crippen LogP contribution in [0.15, 0.2) is 59.6 Å². The van der Waals surface area contributed by atoms with Gasteiger partial charge in [-0.1, -0.05) is 30.3 Å². The van der Waals surface area contributed by atoms with Crippen LogP contribution in [0.1, 0.15) is 17.7 Å². The first kappa shape index (κ1) is 13.1. The third-order valence-corrected chi connectivity index (χ3v) is 4.63. The monoisotopic (exact) mass is 283 g/mol. The molecule has 0 radical (unpaired) electrons. The van der Waals surface area contributed by atoms with Crippen molar-refractivity contribution in [2.45, 2.75) is 17.1 Å². The Labute approximate surface area is 123 Å². The number of hydrogen-bond donors (Lipinski definition) is 1. The van der Waals surface area contributed by atoms with Gasteiger partial charge in [0, 0.05) is 27.2 Å². The first-order chi connectivity index (χ1) is 9.79. The molecule has 102 valence electrons. The number of ether oxygens (including phenoxy) is 1. The summed E-state index contributed by atoms with van der Waals surface area (Å²) in [4.78, 5) is 4.51. The molecule has 0 fully saturated rings. The zero-order valence-electron chi connectivity index (χ0n) is 11.6. The van der Waals surface area contributed by atoms with Gasteiger partial charge in [-0.2, -0.15) is 0 Å². The molecule has 3 heteroatoms. The second-order valence-corrected chi connectivity index (χ2v) is 6.08. The van der Waals surface area contributed by atoms with Crippen molar-refractivity contribution < 1.29 is 4.74 Å². The smallest absolute Gasteiger partial charge is 0.132 e. The summed E-state index contributed by atoms with van der Waals surface area (Å²) in [5.41, 5.74) is 2.52. The van der Waals surface area contributed by atoms with Crippen LogP contribution in [0.4, 0.5) is 0 Å². The second kappa shape index (κ2) is 5.63. The summed E-state index contributed by atoms with van der Waals surface area (Å²) in [5, 5.41) is 1.66. The van der Waals surface area contributed by atoms with E-state index in [1.54, 1.807) is 7.11 Å². The molecule has 1 heterocycles. The summed E-state index contributed by atoms with van der Waals surface area (Å²) in [6, 6.07) is 16.6. The first-order valence-electron chi connectivity index (χ1n) is 6.65. The Bertz CT molecular complexity index is 720. The summed E-state index contributed by atoms with van der Waals surface area (Å²) >= 11 is 1.82. The Morgan fingerprint density at radius 2 is 1.80 bits per heavy atom. The molecule has 1 unspecified atom stereocenters. The molecular weight excluding hydrogens is 266 g/mol. The molecule has 0 amide bonds. The van der Waals surface area contributed by atoms with Crippen LogP contribution < -0.4 is 4.74 Å². The largest absolute Gasteiger partial charge is 0.496 e. The van der Waals surface area contributed by atoms with Crippen molar-refractivity contribution in [3.63, 3.8) is 0 Å². The number of para-hydroxylation sites is 2. The summed E-state index contributed by atoms with van der Waals surface area (Å²) in [5.74, 6) is 0.934. The number of aromatic amines is 1. The van der Waals surface area contributed by atoms with Crippen LogP contribution in [0.25, 0.3) is 10.9 Å². The molecule has 1 atom stereocenters. The lowest BCUT2D eigenvalue weighted by molar-refractivity contribution is 0.405. The number of rotatable bonds is 4. The van der Waals surface area contributed by atoms with E-state index < -0.39 is 0 Å². The van der Waals surface area contributed by atoms with E-state index in [-0.39, 0.29) is 0 Å². The van der Waals surface area contributed by atoms with E-state index in [2.05, 4.69) is 48.4 Å². The van der Waals surface area contributed by atoms with Gasteiger partial charge in [0.15, 0.2) is 0 Å². The van der Waals surface area contributed by atoms with Gasteiger partial charge in [-0.25, -0.2) is 0 Å². The molecule has 0 spiro atoms. The molecule has 0 aliphatic rings. The van der Waals surface area contributed by atoms with Gasteiger partial charge in [0.1, 0.15) is 5.75 Å². The fraction of sp³-hybridized carbons (Fsp3) is 0.176. The van der Waals surface area contributed by atoms with E-state index in [0.29, 0.717) is 5.25 Å². The highest BCUT2D eigenvalue weighted by molar-refractivity contribution is 7.99. The van der Waals surface area contributed by atoms with Crippen molar-refractivity contribution in [2.75, 3.05) is 7.11 Å². The molecule has 1 N–H and O–H groups in total. The van der Waals surface area contributed by atoms with Crippen molar-refractivity contribution in [3.8, 4) is 5.75 Å². The number of benzene rings is 2. The molecule has 0 saturated heterocycles. The minimum Gasteiger partial charge on any atom is -0.496 e. The standard InChI is InChI=1S/C17H17NOS/c1-12(20-17-10-6-5-9-16(17)19-2)14-11-18-15-8-4-3-7-13(14)15/h3-12,18H,1-2H3. The molecule has 20 heavy (non-hydrogen) atoms. The second-order valence-electron chi connectivity index (χ2n) is 4.70. The minimum atomic E-state index is 0.363. The Morgan fingerprint density at radius 3 is 2.65 bits per heavy atom. The van der Waals surface area contributed by atoms with Gasteiger partial charge in [-0.3, -0.25) is 0 Å². The molecule has 3 aromatic rings. The van der Waals surface area contributed by atoms with Crippen molar-refractivity contribution in [1.82, 2.24) is 4.98 Å². The average Bonchev–Trinajstić information content (AvgIpc) is 2.92. The lowest BCUT2D eigenvalue weighted by Crippen LogP contribution is -1.90. The molecule has 0 aliphatic carbocycles. The number of H-pyrrole nitrogens is 1. The maximum absolute atomic E-state index is 5.42. The topological polar surface area (TPSA) is 25.0 Å². The lowest BCUT2D eigenvalue weighted by Gasteiger charge is -2.13. The van der Waals surface area contributed by atoms with E-state index in [4.69, 9.17) is 4.74 Å². The SMILES string of the molecule is COc1ccccc1SC(C)c1c[nH]c2ccccc12. The Kier molecular flexibility index (Phi) is 3.70. The van der Waals surface area contributed by atoms with Crippen molar-refractivity contribution in [1.29, 1.82) is 0 Å². The van der Waals surface area contributed by atoms with Crippen molar-refractivity contribution >= 4 is 22.7 Å². The van der Waals surface area contributed by atoms with Crippen LogP contribution in [-0.4, -0.2) is 12.1 Å². The summed E-state index contributed by atoms with van der Waals surface area (Å²) in [7, 11) is 1.72. The van der Waals surface area contributed by atoms with Gasteiger partial charge < -0.3 is 9.72 Å². The molecule has 2 aromatic carbocycles. The Morgan fingerprint density at radius 1 is 1.05 bits per heavy atom. The zero-order valence-corrected chi connectivity index (χ0v) is 12.4. The predicted octanol–water partition coefficient (Wildman–Crippen LogP) is 5.03. The van der Waals surface area contributed by atoms with Gasteiger partial charge >= 0.3 is 0 Å². The summed E-state index contributed by atoms with van der Waals surface area (Å²) < 4.78 is 5.42. The van der Waals surface area contributed by atoms with Crippen LogP contribution in [-0.2, 0) is 0 Å². The maximum Gasteiger partial charge on any atom is 0.132 e. The Hall–Kier alpha value is -1.87. The first-order valence-corrected chi connectivity index (χ1v) is 7.53. The van der Waals surface area contributed by atoms with Gasteiger partial charge in [-0.15, -0.1) is 11.8 Å². The van der Waals surface area contributed by atoms with Crippen LogP contribution in [0.2, 0.25) is 0 Å². The number of aromatic nitrogens is 1. The highest BCUT2D eigenvalue weighted by Crippen LogP contribution is 2.41. The summed E-state index contributed by atoms with van der Waals surface area (Å²) in [6.45, 7) is 2.23. The van der Waals surface area contributed by atoms with E-state index in [9.17, 15) is 0 Å². The quantitative estimate of drug-likeness (QED) is 0.679. The van der Waals surface area contributed by atoms with Gasteiger partial charge in [0.25, 0.3) is 0 Å². The lowest BCUT2D eigenvalue weighted by atomic mass is 10.1. The van der Waals surface area contributed by atoms with Crippen LogP contribution in [0.5, 0.6) is 5.75 Å². The number of thioether (sulfide) groups is 1. The Balaban J connectivity index is 1.91. The van der Waals surface area contributed by atoms with Crippen LogP contribution >= 0.6 is 11.8 Å². The molecule has 0 bridgehead atoms. The van der Waals surface area contributed by atoms with E-state index >= 15 is 0 Å². The highest BCUT2D eigenvalue weighted by atomic mass is 32.2. The van der Waals surface area contributed by atoms with Gasteiger partial charge in [0.05, 0.1) is 7.11 Å². The van der Waals surface area contributed by atoms with E-state index in [1.807, 2.05) is 30.0 Å². The summed E-state index contributed by atoms with van der Waals surface area (Å²) in [6.07, 6.45) is 2.11. The van der Waals surface area contributed by atoms with Gasteiger partial charge in [-0.05, 0) is 30.7 Å². The molecular formula is C17H17NOS. The third-order valence-electron chi connectivity index (χ3n) is 3.43. The van der Waals surface area contributed by atoms with Crippen molar-refractivity contribution in [2.24, 2.45) is 0 Å². The number of nitrogens with one attached hydrogen (secondary N) is 1. The number of methoxy groups -OCH3 is 1. The number of hydrogen-bond acceptors (Lipinski definition) is 2. The highest BCUT2D eigenvalue weighted by Gasteiger charge is 2.14. The normalized spacial score (nSPS) is 12.5. The molecule has 2 nitrogen and oxygen atoms in total. The molecule has 0 saturated carbocycles. The number of fused-ring (bicyclic) bond motifs is 1. The van der Waals surface area contributed by atoms with Crippen LogP contribution in [0, 0.1) is 0 Å². The van der Waals surface area contributed by atoms with Gasteiger partial charge in [0.2, 0.25) is 0 Å². The average molecular weight is 283 g/mol. The molecule has 0 aliphatic heterocycles. The fourth-order valence-electron chi connectivity index (χ4n) is 2.40.